The summed E-state index contributed by atoms with van der Waals surface area (Å²) in [6, 6.07) is 5.18. The zero-order valence-electron chi connectivity index (χ0n) is 10.8. The maximum atomic E-state index is 12.0. The number of carbonyl (C=O) groups excluding carboxylic acids is 1. The van der Waals surface area contributed by atoms with Crippen molar-refractivity contribution in [2.75, 3.05) is 12.4 Å². The molecule has 1 amide bonds. The van der Waals surface area contributed by atoms with Crippen LogP contribution in [0.2, 0.25) is 0 Å². The predicted octanol–water partition coefficient (Wildman–Crippen LogP) is 2.03. The maximum absolute atomic E-state index is 12.0. The number of carboxylic acids is 1. The summed E-state index contributed by atoms with van der Waals surface area (Å²) in [6.45, 7) is 0. The van der Waals surface area contributed by atoms with Gasteiger partial charge in [-0.2, -0.15) is 0 Å². The molecular weight excluding hydrogens is 330 g/mol. The van der Waals surface area contributed by atoms with Crippen molar-refractivity contribution in [3.05, 3.63) is 22.7 Å². The molecule has 1 saturated heterocycles. The summed E-state index contributed by atoms with van der Waals surface area (Å²) < 4.78 is 11.0. The van der Waals surface area contributed by atoms with Gasteiger partial charge in [0, 0.05) is 10.5 Å². The largest absolute Gasteiger partial charge is 0.497 e. The fourth-order valence-corrected chi connectivity index (χ4v) is 2.30. The first kappa shape index (κ1) is 14.8. The Morgan fingerprint density at radius 3 is 2.70 bits per heavy atom. The number of carbonyl (C=O) groups is 2. The lowest BCUT2D eigenvalue weighted by atomic mass is 10.2. The van der Waals surface area contributed by atoms with Gasteiger partial charge in [0.05, 0.1) is 12.8 Å². The topological polar surface area (TPSA) is 84.9 Å². The van der Waals surface area contributed by atoms with E-state index in [1.54, 1.807) is 18.2 Å². The van der Waals surface area contributed by atoms with Crippen LogP contribution >= 0.6 is 15.9 Å². The van der Waals surface area contributed by atoms with Gasteiger partial charge in [-0.25, -0.2) is 4.79 Å². The minimum absolute atomic E-state index is 0.340. The van der Waals surface area contributed by atoms with Crippen LogP contribution in [-0.2, 0) is 14.3 Å². The lowest BCUT2D eigenvalue weighted by Crippen LogP contribution is -2.30. The van der Waals surface area contributed by atoms with Crippen LogP contribution in [0, 0.1) is 0 Å². The Balaban J connectivity index is 2.03. The van der Waals surface area contributed by atoms with E-state index in [0.717, 1.165) is 0 Å². The molecule has 20 heavy (non-hydrogen) atoms. The number of hydrogen-bond donors (Lipinski definition) is 2. The molecule has 0 aromatic heterocycles. The zero-order chi connectivity index (χ0) is 14.7. The Bertz CT molecular complexity index is 533. The van der Waals surface area contributed by atoms with Crippen molar-refractivity contribution in [1.29, 1.82) is 0 Å². The minimum Gasteiger partial charge on any atom is -0.497 e. The number of rotatable bonds is 4. The highest BCUT2D eigenvalue weighted by Gasteiger charge is 2.34. The first-order valence-corrected chi connectivity index (χ1v) is 6.83. The van der Waals surface area contributed by atoms with Crippen LogP contribution in [0.1, 0.15) is 12.8 Å². The Morgan fingerprint density at radius 2 is 2.10 bits per heavy atom. The summed E-state index contributed by atoms with van der Waals surface area (Å²) in [4.78, 5) is 22.8. The third-order valence-electron chi connectivity index (χ3n) is 3.02. The highest BCUT2D eigenvalue weighted by molar-refractivity contribution is 9.10. The van der Waals surface area contributed by atoms with Crippen molar-refractivity contribution in [3.8, 4) is 5.75 Å². The first-order chi connectivity index (χ1) is 9.51. The SMILES string of the molecule is COc1ccc(Br)c(NC(=O)[C@@H]2CC[C@H](C(=O)O)O2)c1. The van der Waals surface area contributed by atoms with Crippen LogP contribution in [0.15, 0.2) is 22.7 Å². The van der Waals surface area contributed by atoms with Crippen molar-refractivity contribution in [2.24, 2.45) is 0 Å². The third kappa shape index (κ3) is 3.29. The molecule has 1 aliphatic heterocycles. The number of anilines is 1. The molecule has 0 unspecified atom stereocenters. The fraction of sp³-hybridized carbons (Fsp3) is 0.385. The number of halogens is 1. The molecule has 0 spiro atoms. The van der Waals surface area contributed by atoms with Crippen molar-refractivity contribution in [1.82, 2.24) is 0 Å². The summed E-state index contributed by atoms with van der Waals surface area (Å²) in [5, 5.41) is 11.5. The van der Waals surface area contributed by atoms with Crippen LogP contribution in [0.25, 0.3) is 0 Å². The molecule has 6 nitrogen and oxygen atoms in total. The van der Waals surface area contributed by atoms with E-state index in [-0.39, 0.29) is 5.91 Å². The molecule has 1 heterocycles. The lowest BCUT2D eigenvalue weighted by Gasteiger charge is -2.13. The molecule has 0 aliphatic carbocycles. The van der Waals surface area contributed by atoms with Crippen LogP contribution in [0.4, 0.5) is 5.69 Å². The van der Waals surface area contributed by atoms with E-state index in [9.17, 15) is 9.59 Å². The molecule has 2 N–H and O–H groups in total. The second-order valence-electron chi connectivity index (χ2n) is 4.36. The van der Waals surface area contributed by atoms with Gasteiger partial charge in [-0.3, -0.25) is 4.79 Å². The van der Waals surface area contributed by atoms with Crippen molar-refractivity contribution in [3.63, 3.8) is 0 Å². The molecule has 2 atom stereocenters. The molecule has 0 bridgehead atoms. The molecule has 2 rings (SSSR count). The standard InChI is InChI=1S/C13H14BrNO5/c1-19-7-2-3-8(14)9(6-7)15-12(16)10-4-5-11(20-10)13(17)18/h2-3,6,10-11H,4-5H2,1H3,(H,15,16)(H,17,18)/t10-,11+/m0/s1. The molecule has 1 fully saturated rings. The average molecular weight is 344 g/mol. The van der Waals surface area contributed by atoms with E-state index >= 15 is 0 Å². The van der Waals surface area contributed by atoms with E-state index < -0.39 is 18.2 Å². The van der Waals surface area contributed by atoms with Crippen molar-refractivity contribution < 1.29 is 24.2 Å². The van der Waals surface area contributed by atoms with Gasteiger partial charge in [0.1, 0.15) is 11.9 Å². The zero-order valence-corrected chi connectivity index (χ0v) is 12.3. The number of nitrogens with one attached hydrogen (secondary N) is 1. The normalized spacial score (nSPS) is 21.5. The van der Waals surface area contributed by atoms with Gasteiger partial charge in [0.2, 0.25) is 0 Å². The van der Waals surface area contributed by atoms with Crippen LogP contribution in [-0.4, -0.2) is 36.3 Å². The van der Waals surface area contributed by atoms with E-state index in [0.29, 0.717) is 28.8 Å². The van der Waals surface area contributed by atoms with Crippen molar-refractivity contribution >= 4 is 33.5 Å². The second-order valence-corrected chi connectivity index (χ2v) is 5.22. The molecule has 108 valence electrons. The van der Waals surface area contributed by atoms with Gasteiger partial charge in [0.25, 0.3) is 5.91 Å². The van der Waals surface area contributed by atoms with E-state index in [1.165, 1.54) is 7.11 Å². The maximum Gasteiger partial charge on any atom is 0.332 e. The number of aliphatic carboxylic acids is 1. The smallest absolute Gasteiger partial charge is 0.332 e. The van der Waals surface area contributed by atoms with Gasteiger partial charge in [-0.1, -0.05) is 0 Å². The molecule has 0 saturated carbocycles. The van der Waals surface area contributed by atoms with Gasteiger partial charge in [-0.05, 0) is 40.9 Å². The van der Waals surface area contributed by atoms with E-state index in [4.69, 9.17) is 14.6 Å². The van der Waals surface area contributed by atoms with Gasteiger partial charge < -0.3 is 19.9 Å². The highest BCUT2D eigenvalue weighted by atomic mass is 79.9. The second kappa shape index (κ2) is 6.23. The Morgan fingerprint density at radius 1 is 1.40 bits per heavy atom. The number of carboxylic acid groups (broad SMARTS) is 1. The number of benzene rings is 1. The van der Waals surface area contributed by atoms with Crippen LogP contribution in [0.5, 0.6) is 5.75 Å². The quantitative estimate of drug-likeness (QED) is 0.873. The fourth-order valence-electron chi connectivity index (χ4n) is 1.95. The number of ether oxygens (including phenoxy) is 2. The van der Waals surface area contributed by atoms with Crippen LogP contribution in [0.3, 0.4) is 0 Å². The number of methoxy groups -OCH3 is 1. The molecule has 1 aromatic rings. The van der Waals surface area contributed by atoms with Gasteiger partial charge in [0.15, 0.2) is 6.10 Å². The average Bonchev–Trinajstić information content (AvgIpc) is 2.91. The van der Waals surface area contributed by atoms with Crippen LogP contribution < -0.4 is 10.1 Å². The van der Waals surface area contributed by atoms with E-state index in [2.05, 4.69) is 21.2 Å². The van der Waals surface area contributed by atoms with Crippen molar-refractivity contribution in [2.45, 2.75) is 25.0 Å². The molecule has 1 aromatic carbocycles. The lowest BCUT2D eigenvalue weighted by molar-refractivity contribution is -0.150. The molecule has 0 radical (unpaired) electrons. The molecular formula is C13H14BrNO5. The number of hydrogen-bond acceptors (Lipinski definition) is 4. The molecule has 7 heteroatoms. The monoisotopic (exact) mass is 343 g/mol. The van der Waals surface area contributed by atoms with Gasteiger partial charge >= 0.3 is 5.97 Å². The predicted molar refractivity (Wildman–Crippen MR) is 74.9 cm³/mol. The number of amides is 1. The van der Waals surface area contributed by atoms with Gasteiger partial charge in [-0.15, -0.1) is 0 Å². The Hall–Kier alpha value is -1.60. The summed E-state index contributed by atoms with van der Waals surface area (Å²) in [7, 11) is 1.53. The Kier molecular flexibility index (Phi) is 4.61. The summed E-state index contributed by atoms with van der Waals surface area (Å²) in [6.07, 6.45) is -0.911. The molecule has 1 aliphatic rings. The highest BCUT2D eigenvalue weighted by Crippen LogP contribution is 2.28. The Labute approximate surface area is 124 Å². The first-order valence-electron chi connectivity index (χ1n) is 6.04. The van der Waals surface area contributed by atoms with E-state index in [1.807, 2.05) is 0 Å². The summed E-state index contributed by atoms with van der Waals surface area (Å²) in [5.41, 5.74) is 0.553. The third-order valence-corrected chi connectivity index (χ3v) is 3.71. The minimum atomic E-state index is -1.04. The summed E-state index contributed by atoms with van der Waals surface area (Å²) >= 11 is 3.33. The summed E-state index contributed by atoms with van der Waals surface area (Å²) in [5.74, 6) is -0.787.